The second-order valence-electron chi connectivity index (χ2n) is 7.88. The number of aliphatic hydroxyl groups is 1. The molecule has 0 bridgehead atoms. The summed E-state index contributed by atoms with van der Waals surface area (Å²) in [7, 11) is 3.91. The maximum atomic E-state index is 10.1. The van der Waals surface area contributed by atoms with Crippen molar-refractivity contribution in [2.75, 3.05) is 27.2 Å². The molecule has 1 saturated carbocycles. The lowest BCUT2D eigenvalue weighted by atomic mass is 9.73. The van der Waals surface area contributed by atoms with Crippen LogP contribution >= 0.6 is 0 Å². The van der Waals surface area contributed by atoms with E-state index in [4.69, 9.17) is 9.47 Å². The number of hydrogen-bond acceptors (Lipinski definition) is 4. The fourth-order valence-electron chi connectivity index (χ4n) is 4.01. The van der Waals surface area contributed by atoms with Gasteiger partial charge in [0.25, 0.3) is 0 Å². The number of nitrogens with zero attached hydrogens (tertiary/aromatic N) is 1. The third-order valence-corrected chi connectivity index (χ3v) is 5.72. The van der Waals surface area contributed by atoms with Gasteiger partial charge in [0.15, 0.2) is 0 Å². The molecule has 0 saturated heterocycles. The average Bonchev–Trinajstić information content (AvgIpc) is 2.50. The minimum Gasteiger partial charge on any atom is -0.490 e. The van der Waals surface area contributed by atoms with Crippen LogP contribution in [0.4, 0.5) is 0 Å². The molecule has 1 aromatic rings. The molecule has 1 aromatic carbocycles. The van der Waals surface area contributed by atoms with Crippen molar-refractivity contribution in [3.05, 3.63) is 22.3 Å². The van der Waals surface area contributed by atoms with Gasteiger partial charge in [-0.25, -0.2) is 0 Å². The van der Waals surface area contributed by atoms with Gasteiger partial charge < -0.3 is 19.5 Å². The standard InChI is InChI=1S/C20H31NO3/c1-13-14(2)19-17(7-10-20(24-19)8-6-9-20)15(3)18(13)23-12-16(22)11-21(4)5/h16,22H,6-12H2,1-5H3. The predicted molar refractivity (Wildman–Crippen MR) is 96.2 cm³/mol. The van der Waals surface area contributed by atoms with Crippen LogP contribution in [0.3, 0.4) is 0 Å². The summed E-state index contributed by atoms with van der Waals surface area (Å²) in [6.07, 6.45) is 5.38. The third kappa shape index (κ3) is 3.14. The van der Waals surface area contributed by atoms with Crippen LogP contribution in [0.25, 0.3) is 0 Å². The van der Waals surface area contributed by atoms with E-state index in [1.54, 1.807) is 0 Å². The first-order valence-electron chi connectivity index (χ1n) is 9.10. The number of ether oxygens (including phenoxy) is 2. The predicted octanol–water partition coefficient (Wildman–Crippen LogP) is 3.16. The molecule has 0 radical (unpaired) electrons. The average molecular weight is 333 g/mol. The number of fused-ring (bicyclic) bond motifs is 1. The van der Waals surface area contributed by atoms with Gasteiger partial charge in [-0.3, -0.25) is 0 Å². The monoisotopic (exact) mass is 333 g/mol. The van der Waals surface area contributed by atoms with Gasteiger partial charge in [-0.1, -0.05) is 0 Å². The lowest BCUT2D eigenvalue weighted by Gasteiger charge is -2.46. The van der Waals surface area contributed by atoms with Crippen molar-refractivity contribution in [1.82, 2.24) is 4.90 Å². The van der Waals surface area contributed by atoms with Crippen LogP contribution in [0.2, 0.25) is 0 Å². The molecule has 0 amide bonds. The zero-order chi connectivity index (χ0) is 17.5. The molecule has 1 unspecified atom stereocenters. The van der Waals surface area contributed by atoms with Crippen molar-refractivity contribution in [3.63, 3.8) is 0 Å². The van der Waals surface area contributed by atoms with E-state index in [9.17, 15) is 5.11 Å². The summed E-state index contributed by atoms with van der Waals surface area (Å²) in [6.45, 7) is 7.29. The van der Waals surface area contributed by atoms with Crippen molar-refractivity contribution in [3.8, 4) is 11.5 Å². The smallest absolute Gasteiger partial charge is 0.127 e. The summed E-state index contributed by atoms with van der Waals surface area (Å²) in [5.74, 6) is 2.02. The first-order valence-corrected chi connectivity index (χ1v) is 9.10. The zero-order valence-corrected chi connectivity index (χ0v) is 15.7. The molecule has 4 nitrogen and oxygen atoms in total. The molecule has 1 atom stereocenters. The van der Waals surface area contributed by atoms with E-state index in [1.165, 1.54) is 36.0 Å². The SMILES string of the molecule is Cc1c(C)c2c(c(C)c1OCC(O)CN(C)C)CCC1(CCC1)O2. The molecule has 1 aliphatic carbocycles. The van der Waals surface area contributed by atoms with Crippen molar-refractivity contribution in [2.45, 2.75) is 64.6 Å². The summed E-state index contributed by atoms with van der Waals surface area (Å²) in [4.78, 5) is 1.97. The Morgan fingerprint density at radius 1 is 1.12 bits per heavy atom. The Morgan fingerprint density at radius 3 is 2.42 bits per heavy atom. The van der Waals surface area contributed by atoms with Crippen molar-refractivity contribution < 1.29 is 14.6 Å². The van der Waals surface area contributed by atoms with Gasteiger partial charge >= 0.3 is 0 Å². The van der Waals surface area contributed by atoms with Crippen molar-refractivity contribution >= 4 is 0 Å². The zero-order valence-electron chi connectivity index (χ0n) is 15.7. The van der Waals surface area contributed by atoms with E-state index < -0.39 is 6.10 Å². The normalized spacial score (nSPS) is 19.6. The fourth-order valence-corrected chi connectivity index (χ4v) is 4.01. The third-order valence-electron chi connectivity index (χ3n) is 5.72. The molecule has 24 heavy (non-hydrogen) atoms. The Labute approximate surface area is 145 Å². The quantitative estimate of drug-likeness (QED) is 0.899. The maximum Gasteiger partial charge on any atom is 0.127 e. The van der Waals surface area contributed by atoms with Crippen LogP contribution in [-0.2, 0) is 6.42 Å². The van der Waals surface area contributed by atoms with Crippen LogP contribution in [0.5, 0.6) is 11.5 Å². The Bertz CT molecular complexity index is 620. The van der Waals surface area contributed by atoms with E-state index in [0.717, 1.165) is 29.9 Å². The highest BCUT2D eigenvalue weighted by Gasteiger charge is 2.43. The van der Waals surface area contributed by atoms with Crippen LogP contribution in [0.15, 0.2) is 0 Å². The van der Waals surface area contributed by atoms with Gasteiger partial charge in [0, 0.05) is 12.1 Å². The van der Waals surface area contributed by atoms with Crippen molar-refractivity contribution in [1.29, 1.82) is 0 Å². The number of hydrogen-bond donors (Lipinski definition) is 1. The molecule has 3 rings (SSSR count). The Balaban J connectivity index is 1.83. The molecular formula is C20H31NO3. The lowest BCUT2D eigenvalue weighted by molar-refractivity contribution is -0.0258. The highest BCUT2D eigenvalue weighted by atomic mass is 16.5. The largest absolute Gasteiger partial charge is 0.490 e. The van der Waals surface area contributed by atoms with Crippen LogP contribution in [0.1, 0.15) is 47.9 Å². The summed E-state index contributed by atoms with van der Waals surface area (Å²) >= 11 is 0. The Kier molecular flexibility index (Phi) is 4.80. The molecule has 0 aromatic heterocycles. The summed E-state index contributed by atoms with van der Waals surface area (Å²) in [6, 6.07) is 0. The second kappa shape index (κ2) is 6.57. The molecule has 1 fully saturated rings. The molecule has 4 heteroatoms. The van der Waals surface area contributed by atoms with E-state index in [0.29, 0.717) is 13.2 Å². The molecule has 1 heterocycles. The highest BCUT2D eigenvalue weighted by Crippen LogP contribution is 2.49. The highest BCUT2D eigenvalue weighted by molar-refractivity contribution is 5.59. The van der Waals surface area contributed by atoms with Crippen LogP contribution < -0.4 is 9.47 Å². The van der Waals surface area contributed by atoms with E-state index >= 15 is 0 Å². The van der Waals surface area contributed by atoms with Crippen LogP contribution in [-0.4, -0.2) is 49.0 Å². The van der Waals surface area contributed by atoms with E-state index in [-0.39, 0.29) is 5.60 Å². The topological polar surface area (TPSA) is 41.9 Å². The molecule has 1 spiro atoms. The van der Waals surface area contributed by atoms with Gasteiger partial charge in [0.1, 0.15) is 29.8 Å². The lowest BCUT2D eigenvalue weighted by Crippen LogP contribution is -2.46. The van der Waals surface area contributed by atoms with Crippen LogP contribution in [0, 0.1) is 20.8 Å². The molecule has 1 aliphatic heterocycles. The summed E-state index contributed by atoms with van der Waals surface area (Å²) < 4.78 is 12.5. The van der Waals surface area contributed by atoms with E-state index in [1.807, 2.05) is 19.0 Å². The number of rotatable bonds is 5. The Hall–Kier alpha value is -1.26. The minimum atomic E-state index is -0.482. The summed E-state index contributed by atoms with van der Waals surface area (Å²) in [5, 5.41) is 10.1. The van der Waals surface area contributed by atoms with Crippen molar-refractivity contribution in [2.24, 2.45) is 0 Å². The van der Waals surface area contributed by atoms with Gasteiger partial charge in [-0.05, 0) is 83.7 Å². The number of aliphatic hydroxyl groups excluding tert-OH is 1. The van der Waals surface area contributed by atoms with E-state index in [2.05, 4.69) is 20.8 Å². The Morgan fingerprint density at radius 2 is 1.83 bits per heavy atom. The second-order valence-corrected chi connectivity index (χ2v) is 7.88. The minimum absolute atomic E-state index is 0.112. The summed E-state index contributed by atoms with van der Waals surface area (Å²) in [5.41, 5.74) is 4.92. The van der Waals surface area contributed by atoms with Gasteiger partial charge in [0.05, 0.1) is 0 Å². The first-order chi connectivity index (χ1) is 11.3. The number of benzene rings is 1. The molecule has 2 aliphatic rings. The van der Waals surface area contributed by atoms with Gasteiger partial charge in [-0.2, -0.15) is 0 Å². The molecular weight excluding hydrogens is 302 g/mol. The molecule has 134 valence electrons. The van der Waals surface area contributed by atoms with Gasteiger partial charge in [-0.15, -0.1) is 0 Å². The molecule has 1 N–H and O–H groups in total. The number of likely N-dealkylation sites (N-methyl/N-ethyl adjacent to an activating group) is 1. The maximum absolute atomic E-state index is 10.1. The van der Waals surface area contributed by atoms with Gasteiger partial charge in [0.2, 0.25) is 0 Å². The fraction of sp³-hybridized carbons (Fsp3) is 0.700. The first kappa shape index (κ1) is 17.6.